The zero-order valence-electron chi connectivity index (χ0n) is 15.1. The van der Waals surface area contributed by atoms with E-state index in [1.54, 1.807) is 36.7 Å². The van der Waals surface area contributed by atoms with Gasteiger partial charge in [0.05, 0.1) is 0 Å². The summed E-state index contributed by atoms with van der Waals surface area (Å²) in [4.78, 5) is 35.2. The maximum Gasteiger partial charge on any atom is 0.251 e. The van der Waals surface area contributed by atoms with E-state index in [0.29, 0.717) is 11.3 Å². The predicted octanol–water partition coefficient (Wildman–Crippen LogP) is 2.22. The Balaban J connectivity index is 1.31. The summed E-state index contributed by atoms with van der Waals surface area (Å²) in [5.41, 5.74) is 1.24. The molecule has 1 aromatic heterocycles. The number of benzene rings is 1. The molecule has 0 radical (unpaired) electrons. The molecule has 140 valence electrons. The van der Waals surface area contributed by atoms with Crippen LogP contribution in [0.4, 0.5) is 11.6 Å². The van der Waals surface area contributed by atoms with Crippen LogP contribution in [0.25, 0.3) is 0 Å². The van der Waals surface area contributed by atoms with E-state index in [2.05, 4.69) is 25.5 Å². The van der Waals surface area contributed by atoms with Crippen LogP contribution >= 0.6 is 0 Å². The number of piperidine rings is 1. The highest BCUT2D eigenvalue weighted by atomic mass is 16.2. The summed E-state index contributed by atoms with van der Waals surface area (Å²) >= 11 is 0. The highest BCUT2D eigenvalue weighted by Gasteiger charge is 2.29. The van der Waals surface area contributed by atoms with E-state index in [1.807, 2.05) is 6.07 Å². The summed E-state index contributed by atoms with van der Waals surface area (Å²) in [7, 11) is 0. The predicted molar refractivity (Wildman–Crippen MR) is 103 cm³/mol. The Labute approximate surface area is 158 Å². The molecule has 2 N–H and O–H groups in total. The quantitative estimate of drug-likeness (QED) is 0.848. The lowest BCUT2D eigenvalue weighted by molar-refractivity contribution is -0.117. The molecule has 0 bridgehead atoms. The maximum atomic E-state index is 12.6. The van der Waals surface area contributed by atoms with Gasteiger partial charge in [-0.25, -0.2) is 9.97 Å². The molecule has 27 heavy (non-hydrogen) atoms. The second-order valence-corrected chi connectivity index (χ2v) is 7.13. The number of rotatable bonds is 5. The molecule has 2 amide bonds. The topological polar surface area (TPSA) is 87.2 Å². The second kappa shape index (κ2) is 7.73. The molecule has 0 atom stereocenters. The van der Waals surface area contributed by atoms with Gasteiger partial charge in [0.1, 0.15) is 0 Å². The average Bonchev–Trinajstić information content (AvgIpc) is 3.55. The lowest BCUT2D eigenvalue weighted by Crippen LogP contribution is -2.45. The fourth-order valence-corrected chi connectivity index (χ4v) is 3.28. The molecule has 1 aliphatic heterocycles. The number of hydrogen-bond donors (Lipinski definition) is 2. The van der Waals surface area contributed by atoms with Crippen molar-refractivity contribution in [3.05, 3.63) is 48.3 Å². The molecule has 2 fully saturated rings. The number of carbonyl (C=O) groups is 2. The Kier molecular flexibility index (Phi) is 5.00. The van der Waals surface area contributed by atoms with E-state index >= 15 is 0 Å². The van der Waals surface area contributed by atoms with Crippen molar-refractivity contribution >= 4 is 23.5 Å². The first-order chi connectivity index (χ1) is 13.2. The number of carbonyl (C=O) groups excluding carboxylic acids is 2. The molecule has 2 heterocycles. The van der Waals surface area contributed by atoms with Gasteiger partial charge in [-0.05, 0) is 49.9 Å². The smallest absolute Gasteiger partial charge is 0.251 e. The van der Waals surface area contributed by atoms with E-state index in [-0.39, 0.29) is 23.8 Å². The molecular weight excluding hydrogens is 342 g/mol. The van der Waals surface area contributed by atoms with Crippen molar-refractivity contribution in [2.45, 2.75) is 31.7 Å². The van der Waals surface area contributed by atoms with Crippen molar-refractivity contribution in [1.29, 1.82) is 0 Å². The summed E-state index contributed by atoms with van der Waals surface area (Å²) in [6.45, 7) is 1.62. The van der Waals surface area contributed by atoms with Gasteiger partial charge in [0.25, 0.3) is 5.91 Å². The van der Waals surface area contributed by atoms with Crippen molar-refractivity contribution in [3.8, 4) is 0 Å². The highest BCUT2D eigenvalue weighted by Crippen LogP contribution is 2.30. The van der Waals surface area contributed by atoms with Crippen LogP contribution in [0.1, 0.15) is 36.0 Å². The Morgan fingerprint density at radius 1 is 1.00 bits per heavy atom. The lowest BCUT2D eigenvalue weighted by Gasteiger charge is -2.32. The van der Waals surface area contributed by atoms with Gasteiger partial charge in [-0.2, -0.15) is 0 Å². The van der Waals surface area contributed by atoms with E-state index in [0.717, 1.165) is 44.7 Å². The van der Waals surface area contributed by atoms with Crippen LogP contribution in [-0.2, 0) is 4.79 Å². The number of anilines is 2. The monoisotopic (exact) mass is 365 g/mol. The molecular formula is C20H23N5O2. The third-order valence-corrected chi connectivity index (χ3v) is 5.01. The lowest BCUT2D eigenvalue weighted by atomic mass is 10.0. The Morgan fingerprint density at radius 2 is 1.74 bits per heavy atom. The normalized spacial score (nSPS) is 17.4. The Hall–Kier alpha value is -2.96. The zero-order chi connectivity index (χ0) is 18.6. The third kappa shape index (κ3) is 4.42. The zero-order valence-corrected chi connectivity index (χ0v) is 15.1. The van der Waals surface area contributed by atoms with E-state index in [1.165, 1.54) is 0 Å². The van der Waals surface area contributed by atoms with Gasteiger partial charge in [0, 0.05) is 48.7 Å². The summed E-state index contributed by atoms with van der Waals surface area (Å²) in [6, 6.07) is 9.06. The number of nitrogens with one attached hydrogen (secondary N) is 2. The fourth-order valence-electron chi connectivity index (χ4n) is 3.28. The first-order valence-corrected chi connectivity index (χ1v) is 9.43. The standard InChI is InChI=1S/C20H23N5O2/c26-18(14-5-6-14)24-17-4-1-3-15(13-17)19(27)23-16-7-11-25(12-8-16)20-21-9-2-10-22-20/h1-4,9-10,13-14,16H,5-8,11-12H2,(H,23,27)(H,24,26). The molecule has 2 aromatic rings. The van der Waals surface area contributed by atoms with E-state index in [9.17, 15) is 9.59 Å². The van der Waals surface area contributed by atoms with Gasteiger partial charge < -0.3 is 15.5 Å². The summed E-state index contributed by atoms with van der Waals surface area (Å²) in [5.74, 6) is 0.817. The van der Waals surface area contributed by atoms with Crippen LogP contribution in [-0.4, -0.2) is 40.9 Å². The summed E-state index contributed by atoms with van der Waals surface area (Å²) in [5, 5.41) is 5.99. The van der Waals surface area contributed by atoms with Crippen LogP contribution in [0.3, 0.4) is 0 Å². The third-order valence-electron chi connectivity index (χ3n) is 5.01. The van der Waals surface area contributed by atoms with E-state index in [4.69, 9.17) is 0 Å². The van der Waals surface area contributed by atoms with E-state index < -0.39 is 0 Å². The second-order valence-electron chi connectivity index (χ2n) is 7.13. The van der Waals surface area contributed by atoms with Gasteiger partial charge >= 0.3 is 0 Å². The average molecular weight is 365 g/mol. The van der Waals surface area contributed by atoms with Crippen LogP contribution in [0.2, 0.25) is 0 Å². The van der Waals surface area contributed by atoms with Gasteiger partial charge in [0.15, 0.2) is 0 Å². The Bertz CT molecular complexity index is 814. The van der Waals surface area contributed by atoms with Crippen molar-refractivity contribution in [2.24, 2.45) is 5.92 Å². The molecule has 4 rings (SSSR count). The Morgan fingerprint density at radius 3 is 2.44 bits per heavy atom. The van der Waals surface area contributed by atoms with Gasteiger partial charge in [-0.15, -0.1) is 0 Å². The molecule has 2 aliphatic rings. The molecule has 0 spiro atoms. The van der Waals surface area contributed by atoms with Crippen molar-refractivity contribution in [2.75, 3.05) is 23.3 Å². The number of hydrogen-bond acceptors (Lipinski definition) is 5. The van der Waals surface area contributed by atoms with Gasteiger partial charge in [0.2, 0.25) is 11.9 Å². The number of nitrogens with zero attached hydrogens (tertiary/aromatic N) is 3. The summed E-state index contributed by atoms with van der Waals surface area (Å²) < 4.78 is 0. The van der Waals surface area contributed by atoms with Gasteiger partial charge in [-0.1, -0.05) is 6.07 Å². The van der Waals surface area contributed by atoms with Gasteiger partial charge in [-0.3, -0.25) is 9.59 Å². The molecule has 7 nitrogen and oxygen atoms in total. The van der Waals surface area contributed by atoms with Crippen LogP contribution < -0.4 is 15.5 Å². The van der Waals surface area contributed by atoms with Crippen molar-refractivity contribution in [1.82, 2.24) is 15.3 Å². The number of aromatic nitrogens is 2. The minimum atomic E-state index is -0.105. The van der Waals surface area contributed by atoms with Crippen LogP contribution in [0, 0.1) is 5.92 Å². The largest absolute Gasteiger partial charge is 0.349 e. The van der Waals surface area contributed by atoms with Crippen LogP contribution in [0.5, 0.6) is 0 Å². The molecule has 1 aliphatic carbocycles. The summed E-state index contributed by atoms with van der Waals surface area (Å²) in [6.07, 6.45) is 7.10. The molecule has 1 saturated carbocycles. The molecule has 1 aromatic carbocycles. The maximum absolute atomic E-state index is 12.6. The van der Waals surface area contributed by atoms with Crippen molar-refractivity contribution < 1.29 is 9.59 Å². The first kappa shape index (κ1) is 17.5. The SMILES string of the molecule is O=C(NC1CCN(c2ncccn2)CC1)c1cccc(NC(=O)C2CC2)c1. The fraction of sp³-hybridized carbons (Fsp3) is 0.400. The minimum Gasteiger partial charge on any atom is -0.349 e. The molecule has 7 heteroatoms. The molecule has 0 unspecified atom stereocenters. The number of amides is 2. The first-order valence-electron chi connectivity index (χ1n) is 9.43. The van der Waals surface area contributed by atoms with Crippen LogP contribution in [0.15, 0.2) is 42.7 Å². The highest BCUT2D eigenvalue weighted by molar-refractivity contribution is 5.98. The minimum absolute atomic E-state index is 0.0445. The van der Waals surface area contributed by atoms with Crippen molar-refractivity contribution in [3.63, 3.8) is 0 Å². The molecule has 1 saturated heterocycles.